The number of fused-ring (bicyclic) bond motifs is 8. The van der Waals surface area contributed by atoms with Crippen molar-refractivity contribution in [2.45, 2.75) is 0 Å². The first-order chi connectivity index (χ1) is 59.8. The summed E-state index contributed by atoms with van der Waals surface area (Å²) in [6.07, 6.45) is 0. The Balaban J connectivity index is -0.0000000663. The predicted molar refractivity (Wildman–Crippen MR) is 318 cm³/mol. The molecule has 0 fully saturated rings. The van der Waals surface area contributed by atoms with Gasteiger partial charge in [-0.1, -0.05) is 176 Å². The molecule has 65 heteroatoms. The second-order valence-electron chi connectivity index (χ2n) is 14.9. The van der Waals surface area contributed by atoms with E-state index >= 15 is 0 Å². The number of nitrogens with zero attached hydrogens (tertiary/aromatic N) is 2. The highest BCUT2D eigenvalue weighted by Gasteiger charge is 2.22. The van der Waals surface area contributed by atoms with Gasteiger partial charge in [-0.3, -0.25) is 4.70 Å². The zero-order valence-electron chi connectivity index (χ0n) is 55.7. The molecule has 0 aliphatic carbocycles. The van der Waals surface area contributed by atoms with Crippen molar-refractivity contribution in [3.8, 4) is 44.6 Å². The third-order valence-electron chi connectivity index (χ3n) is 11.5. The van der Waals surface area contributed by atoms with Crippen LogP contribution >= 0.6 is 0 Å². The van der Waals surface area contributed by atoms with E-state index in [0.717, 1.165) is 28.3 Å². The Bertz CT molecular complexity index is 3300. The molecule has 714 valence electrons. The Morgan fingerprint density at radius 2 is 0.397 bits per heavy atom. The van der Waals surface area contributed by atoms with Crippen molar-refractivity contribution < 1.29 is 288 Å². The Hall–Kier alpha value is -12.1. The van der Waals surface area contributed by atoms with E-state index in [0.29, 0.717) is 0 Å². The Kier molecular flexibility index (Phi) is 232. The maximum absolute atomic E-state index is 8.00. The zero-order valence-corrected chi connectivity index (χ0v) is 55.7. The first-order valence-corrected chi connectivity index (χ1v) is 24.4. The lowest BCUT2D eigenvalue weighted by Crippen LogP contribution is -2.10. The average Bonchev–Trinajstić information content (AvgIpc) is 1.55. The third-order valence-corrected chi connectivity index (χ3v) is 11.5. The summed E-state index contributed by atoms with van der Waals surface area (Å²) in [5.41, 5.74) is 15.2. The maximum atomic E-state index is 8.00. The van der Waals surface area contributed by atoms with Crippen molar-refractivity contribution in [2.75, 3.05) is 4.90 Å². The van der Waals surface area contributed by atoms with Crippen LogP contribution in [0.3, 0.4) is 0 Å². The van der Waals surface area contributed by atoms with Crippen molar-refractivity contribution in [3.05, 3.63) is 231 Å². The third kappa shape index (κ3) is 67.5. The van der Waals surface area contributed by atoms with Crippen LogP contribution in [0.15, 0.2) is 231 Å². The molecule has 0 N–H and O–H groups in total. The lowest BCUT2D eigenvalue weighted by Gasteiger charge is -2.27. The maximum Gasteiger partial charge on any atom is 0.0626 e. The molecular weight excluding hydrogens is 1900 g/mol. The molecule has 2 aromatic heterocycles. The van der Waals surface area contributed by atoms with Gasteiger partial charge >= 0.3 is 0 Å². The minimum Gasteiger partial charge on any atom is -0.310 e. The molecule has 0 spiro atoms. The predicted octanol–water partition coefficient (Wildman–Crippen LogP) is 41.7. The number of anilines is 3. The molecule has 2 heterocycles. The van der Waals surface area contributed by atoms with Gasteiger partial charge in [-0.05, 0) is 104 Å². The fourth-order valence-electron chi connectivity index (χ4n) is 8.94. The standard InChI is InChI=1S/C56H38N2.31F2.FH/c1-5-18-39(19-6-1)43-36-44(40-20-7-2-8-21-40)38-47(37-43)57(45-24-11-4-12-25-45)46-34-32-41(33-35-46)52-30-17-31-53-54(42-22-9-3-10-23-42)55-50-28-15-13-26-48(50)49-27-14-16-29-51(49)56(55)58(52)53;31*1-2;/h1-38H;;;;;;;;;;;;;;;;;;;;;;;;;;;;;;;;1H. The van der Waals surface area contributed by atoms with Crippen LogP contribution < -0.4 is 4.90 Å². The highest BCUT2D eigenvalue weighted by Crippen LogP contribution is 2.46. The number of pyridine rings is 1. The van der Waals surface area contributed by atoms with Gasteiger partial charge in [-0.15, -0.1) is 0 Å². The van der Waals surface area contributed by atoms with Gasteiger partial charge in [-0.2, -0.15) is 0 Å². The Morgan fingerprint density at radius 3 is 0.686 bits per heavy atom. The van der Waals surface area contributed by atoms with Crippen LogP contribution in [0, 0.1) is 0 Å². The highest BCUT2D eigenvalue weighted by molar-refractivity contribution is 6.30. The van der Waals surface area contributed by atoms with Crippen molar-refractivity contribution >= 4 is 55.0 Å². The van der Waals surface area contributed by atoms with E-state index in [1.54, 1.807) is 0 Å². The second-order valence-corrected chi connectivity index (χ2v) is 14.9. The van der Waals surface area contributed by atoms with Crippen LogP contribution in [-0.2, 0) is 0 Å². The summed E-state index contributed by atoms with van der Waals surface area (Å²) >= 11 is 0. The average molecular weight is 1940 g/mol. The second kappa shape index (κ2) is 167. The Morgan fingerprint density at radius 1 is 0.165 bits per heavy atom. The van der Waals surface area contributed by atoms with Crippen LogP contribution in [-0.4, -0.2) is 4.40 Å². The van der Waals surface area contributed by atoms with Gasteiger partial charge in [0.25, 0.3) is 0 Å². The summed E-state index contributed by atoms with van der Waals surface area (Å²) in [6.45, 7) is 0. The summed E-state index contributed by atoms with van der Waals surface area (Å²) < 4.78 is 499. The number of aromatic nitrogens is 1. The van der Waals surface area contributed by atoms with Gasteiger partial charge in [0.2, 0.25) is 0 Å². The number of benzene rings is 9. The summed E-state index contributed by atoms with van der Waals surface area (Å²) in [6, 6.07) is 83.5. The van der Waals surface area contributed by atoms with Crippen LogP contribution in [0.2, 0.25) is 0 Å². The smallest absolute Gasteiger partial charge is 0.0626 e. The minimum atomic E-state index is 0. The molecule has 2 nitrogen and oxygen atoms in total. The van der Waals surface area contributed by atoms with Gasteiger partial charge in [0.15, 0.2) is 0 Å². The number of hydrogen-bond acceptors (Lipinski definition) is 1. The van der Waals surface area contributed by atoms with Crippen LogP contribution in [0.4, 0.5) is 305 Å². The molecule has 11 rings (SSSR count). The number of hydrogen-bond donors (Lipinski definition) is 0. The van der Waals surface area contributed by atoms with Crippen LogP contribution in [0.25, 0.3) is 82.6 Å². The minimum absolute atomic E-state index is 0. The SMILES string of the molecule is F.FF.FF.FF.FF.FF.FF.FF.FF.FF.FF.FF.FF.FF.FF.FF.FF.FF.FF.FF.FF.FF.FF.FF.FF.FF.FF.FF.FF.FF.FF.FF.c1ccc(-c2cc(-c3ccccc3)cc(N(c3ccccc3)c3ccc(-c4cccc5c(-c6ccccc6)c6c7ccccc7c7ccccc7c6n45)cc3)c2)cc1. The molecule has 0 atom stereocenters. The zero-order chi connectivity index (χ0) is 100. The molecule has 0 aliphatic rings. The van der Waals surface area contributed by atoms with Crippen molar-refractivity contribution in [2.24, 2.45) is 0 Å². The highest BCUT2D eigenvalue weighted by atomic mass is 20.1. The van der Waals surface area contributed by atoms with E-state index in [-0.39, 0.29) is 4.70 Å². The fourth-order valence-corrected chi connectivity index (χ4v) is 8.94. The van der Waals surface area contributed by atoms with E-state index in [2.05, 4.69) is 240 Å². The van der Waals surface area contributed by atoms with Gasteiger partial charge < -0.3 is 9.30 Å². The summed E-state index contributed by atoms with van der Waals surface area (Å²) in [7, 11) is 0. The molecule has 0 amide bonds. The molecule has 9 aromatic carbocycles. The van der Waals surface area contributed by atoms with Crippen molar-refractivity contribution in [1.29, 1.82) is 0 Å². The van der Waals surface area contributed by atoms with Crippen molar-refractivity contribution in [3.63, 3.8) is 0 Å². The van der Waals surface area contributed by atoms with E-state index in [1.165, 1.54) is 71.3 Å². The molecule has 0 radical (unpaired) electrons. The summed E-state index contributed by atoms with van der Waals surface area (Å²) in [5, 5.41) is 6.34. The lowest BCUT2D eigenvalue weighted by molar-refractivity contribution is 0.108. The Labute approximate surface area is 628 Å². The van der Waals surface area contributed by atoms with E-state index < -0.39 is 0 Å². The molecule has 11 aromatic rings. The van der Waals surface area contributed by atoms with Gasteiger partial charge in [0, 0.05) is 317 Å². The van der Waals surface area contributed by atoms with Crippen molar-refractivity contribution in [1.82, 2.24) is 4.40 Å². The van der Waals surface area contributed by atoms with Gasteiger partial charge in [0.1, 0.15) is 0 Å². The van der Waals surface area contributed by atoms with Gasteiger partial charge in [0.05, 0.1) is 16.7 Å². The fraction of sp³-hybridized carbons (Fsp3) is 0. The monoisotopic (exact) mass is 1940 g/mol. The first-order valence-electron chi connectivity index (χ1n) is 24.4. The summed E-state index contributed by atoms with van der Waals surface area (Å²) in [4.78, 5) is 2.38. The lowest BCUT2D eigenvalue weighted by atomic mass is 9.94. The molecule has 0 bridgehead atoms. The van der Waals surface area contributed by atoms with E-state index in [1.807, 2.05) is 0 Å². The molecule has 0 aliphatic heterocycles. The largest absolute Gasteiger partial charge is 0.310 e. The molecule has 0 unspecified atom stereocenters. The molecule has 0 saturated heterocycles. The summed E-state index contributed by atoms with van der Waals surface area (Å²) in [5.74, 6) is 0. The van der Waals surface area contributed by atoms with Crippen LogP contribution in [0.5, 0.6) is 0 Å². The van der Waals surface area contributed by atoms with Gasteiger partial charge in [-0.25, -0.2) is 0 Å². The quantitative estimate of drug-likeness (QED) is 0.114. The molecule has 0 saturated carbocycles. The van der Waals surface area contributed by atoms with E-state index in [4.69, 9.17) is 284 Å². The van der Waals surface area contributed by atoms with Crippen LogP contribution in [0.1, 0.15) is 0 Å². The van der Waals surface area contributed by atoms with E-state index in [9.17, 15) is 0 Å². The normalized spacial score (nSPS) is 7.02. The topological polar surface area (TPSA) is 7.65 Å². The molecule has 121 heavy (non-hydrogen) atoms. The number of rotatable bonds is 7. The number of halogens is 63. The first kappa shape index (κ1) is 168. The molecular formula is C56H39F63N2. The number of para-hydroxylation sites is 1.